The Bertz CT molecular complexity index is 695. The highest BCUT2D eigenvalue weighted by atomic mass is 16.3. The fraction of sp³-hybridized carbons (Fsp3) is 0.936. The van der Waals surface area contributed by atoms with Gasteiger partial charge in [0.2, 0.25) is 5.91 Å². The molecule has 0 aromatic carbocycles. The Balaban J connectivity index is 3.44. The molecular formula is C47H93NO3. The van der Waals surface area contributed by atoms with E-state index in [9.17, 15) is 15.0 Å². The first kappa shape index (κ1) is 50.1. The standard InChI is InChI=1S/C47H93NO3/c1-3-5-7-9-11-13-15-17-18-19-20-21-22-23-24-25-26-27-28-29-31-33-35-37-39-41-43-47(51)48-45(44-49)46(50)42-40-38-36-34-32-30-16-14-12-10-8-6-4-2/h40,42,45-46,49-50H,3-39,41,43-44H2,1-2H3,(H,48,51)/b42-40+/t45-,46+/m0/s1. The van der Waals surface area contributed by atoms with Gasteiger partial charge < -0.3 is 15.5 Å². The number of amides is 1. The van der Waals surface area contributed by atoms with E-state index in [4.69, 9.17) is 0 Å². The van der Waals surface area contributed by atoms with Gasteiger partial charge in [-0.2, -0.15) is 0 Å². The normalized spacial score (nSPS) is 12.9. The molecule has 0 bridgehead atoms. The number of aliphatic hydroxyl groups is 2. The molecule has 2 atom stereocenters. The first-order valence-corrected chi connectivity index (χ1v) is 23.4. The van der Waals surface area contributed by atoms with Crippen molar-refractivity contribution >= 4 is 5.91 Å². The lowest BCUT2D eigenvalue weighted by Gasteiger charge is -2.20. The van der Waals surface area contributed by atoms with Crippen molar-refractivity contribution in [2.75, 3.05) is 6.61 Å². The van der Waals surface area contributed by atoms with E-state index < -0.39 is 12.1 Å². The van der Waals surface area contributed by atoms with Crippen molar-refractivity contribution in [2.24, 2.45) is 0 Å². The molecule has 4 heteroatoms. The second-order valence-electron chi connectivity index (χ2n) is 16.2. The van der Waals surface area contributed by atoms with Crippen molar-refractivity contribution in [3.63, 3.8) is 0 Å². The lowest BCUT2D eigenvalue weighted by molar-refractivity contribution is -0.123. The quantitative estimate of drug-likeness (QED) is 0.0434. The van der Waals surface area contributed by atoms with Crippen LogP contribution in [0.25, 0.3) is 0 Å². The van der Waals surface area contributed by atoms with Crippen LogP contribution in [-0.2, 0) is 4.79 Å². The summed E-state index contributed by atoms with van der Waals surface area (Å²) in [6.07, 6.45) is 54.8. The molecule has 3 N–H and O–H groups in total. The SMILES string of the molecule is CCCCCCCCCCCCC/C=C/[C@@H](O)[C@H](CO)NC(=O)CCCCCCCCCCCCCCCCCCCCCCCCCCCC. The minimum Gasteiger partial charge on any atom is -0.394 e. The lowest BCUT2D eigenvalue weighted by Crippen LogP contribution is -2.45. The molecule has 0 aromatic rings. The van der Waals surface area contributed by atoms with E-state index in [1.54, 1.807) is 6.08 Å². The Morgan fingerprint density at radius 2 is 0.725 bits per heavy atom. The zero-order chi connectivity index (χ0) is 37.1. The minimum absolute atomic E-state index is 0.0591. The molecular weight excluding hydrogens is 627 g/mol. The van der Waals surface area contributed by atoms with Crippen LogP contribution in [0.15, 0.2) is 12.2 Å². The number of rotatable bonds is 43. The zero-order valence-corrected chi connectivity index (χ0v) is 34.9. The third-order valence-corrected chi connectivity index (χ3v) is 11.0. The van der Waals surface area contributed by atoms with Gasteiger partial charge >= 0.3 is 0 Å². The highest BCUT2D eigenvalue weighted by Crippen LogP contribution is 2.17. The monoisotopic (exact) mass is 720 g/mol. The van der Waals surface area contributed by atoms with Gasteiger partial charge in [-0.05, 0) is 19.3 Å². The molecule has 0 unspecified atom stereocenters. The van der Waals surface area contributed by atoms with Crippen LogP contribution in [0.2, 0.25) is 0 Å². The fourth-order valence-electron chi connectivity index (χ4n) is 7.42. The number of unbranched alkanes of at least 4 members (excludes halogenated alkanes) is 36. The van der Waals surface area contributed by atoms with Crippen LogP contribution in [0.4, 0.5) is 0 Å². The van der Waals surface area contributed by atoms with Crippen LogP contribution in [0.1, 0.15) is 264 Å². The number of allylic oxidation sites excluding steroid dienone is 1. The van der Waals surface area contributed by atoms with Gasteiger partial charge in [-0.25, -0.2) is 0 Å². The summed E-state index contributed by atoms with van der Waals surface area (Å²) >= 11 is 0. The molecule has 4 nitrogen and oxygen atoms in total. The first-order valence-electron chi connectivity index (χ1n) is 23.4. The van der Waals surface area contributed by atoms with E-state index in [0.29, 0.717) is 6.42 Å². The molecule has 0 spiro atoms. The Labute approximate surface area is 320 Å². The van der Waals surface area contributed by atoms with E-state index in [2.05, 4.69) is 19.2 Å². The molecule has 0 saturated heterocycles. The van der Waals surface area contributed by atoms with Gasteiger partial charge in [-0.1, -0.05) is 251 Å². The predicted molar refractivity (Wildman–Crippen MR) is 226 cm³/mol. The van der Waals surface area contributed by atoms with Gasteiger partial charge in [0, 0.05) is 6.42 Å². The van der Waals surface area contributed by atoms with Crippen molar-refractivity contribution in [3.05, 3.63) is 12.2 Å². The number of hydrogen-bond donors (Lipinski definition) is 3. The van der Waals surface area contributed by atoms with Crippen LogP contribution < -0.4 is 5.32 Å². The second kappa shape index (κ2) is 43.5. The summed E-state index contributed by atoms with van der Waals surface area (Å²) in [6, 6.07) is -0.616. The van der Waals surface area contributed by atoms with Crippen molar-refractivity contribution in [3.8, 4) is 0 Å². The van der Waals surface area contributed by atoms with Crippen molar-refractivity contribution in [1.82, 2.24) is 5.32 Å². The Morgan fingerprint density at radius 3 is 1.02 bits per heavy atom. The van der Waals surface area contributed by atoms with Gasteiger partial charge in [0.25, 0.3) is 0 Å². The maximum absolute atomic E-state index is 12.4. The molecule has 0 aliphatic rings. The van der Waals surface area contributed by atoms with Gasteiger partial charge in [-0.3, -0.25) is 4.79 Å². The molecule has 0 aliphatic carbocycles. The van der Waals surface area contributed by atoms with Crippen LogP contribution in [0, 0.1) is 0 Å². The third kappa shape index (κ3) is 40.2. The summed E-state index contributed by atoms with van der Waals surface area (Å²) in [7, 11) is 0. The Kier molecular flexibility index (Phi) is 42.8. The van der Waals surface area contributed by atoms with Gasteiger partial charge in [0.15, 0.2) is 0 Å². The van der Waals surface area contributed by atoms with Crippen molar-refractivity contribution in [2.45, 2.75) is 276 Å². The molecule has 0 aliphatic heterocycles. The molecule has 0 heterocycles. The molecule has 0 rings (SSSR count). The van der Waals surface area contributed by atoms with Crippen LogP contribution in [-0.4, -0.2) is 34.9 Å². The Morgan fingerprint density at radius 1 is 0.451 bits per heavy atom. The largest absolute Gasteiger partial charge is 0.394 e. The van der Waals surface area contributed by atoms with E-state index in [1.165, 1.54) is 218 Å². The summed E-state index contributed by atoms with van der Waals surface area (Å²) in [4.78, 5) is 12.4. The summed E-state index contributed by atoms with van der Waals surface area (Å²) in [5.74, 6) is -0.0591. The van der Waals surface area contributed by atoms with Crippen LogP contribution in [0.3, 0.4) is 0 Å². The predicted octanol–water partition coefficient (Wildman–Crippen LogP) is 14.6. The minimum atomic E-state index is -0.833. The van der Waals surface area contributed by atoms with Gasteiger partial charge in [-0.15, -0.1) is 0 Å². The van der Waals surface area contributed by atoms with Crippen molar-refractivity contribution < 1.29 is 15.0 Å². The third-order valence-electron chi connectivity index (χ3n) is 11.0. The molecule has 1 amide bonds. The summed E-state index contributed by atoms with van der Waals surface area (Å²) in [5, 5.41) is 23.0. The van der Waals surface area contributed by atoms with Crippen LogP contribution in [0.5, 0.6) is 0 Å². The molecule has 0 radical (unpaired) electrons. The van der Waals surface area contributed by atoms with Gasteiger partial charge in [0.05, 0.1) is 18.8 Å². The summed E-state index contributed by atoms with van der Waals surface area (Å²) in [6.45, 7) is 4.33. The molecule has 0 saturated carbocycles. The summed E-state index contributed by atoms with van der Waals surface area (Å²) in [5.41, 5.74) is 0. The van der Waals surface area contributed by atoms with Crippen molar-refractivity contribution in [1.29, 1.82) is 0 Å². The number of hydrogen-bond acceptors (Lipinski definition) is 3. The molecule has 0 fully saturated rings. The molecule has 0 aromatic heterocycles. The topological polar surface area (TPSA) is 69.6 Å². The smallest absolute Gasteiger partial charge is 0.220 e. The maximum atomic E-state index is 12.4. The molecule has 51 heavy (non-hydrogen) atoms. The van der Waals surface area contributed by atoms with Gasteiger partial charge in [0.1, 0.15) is 0 Å². The average molecular weight is 720 g/mol. The van der Waals surface area contributed by atoms with E-state index in [1.807, 2.05) is 6.08 Å². The van der Waals surface area contributed by atoms with Crippen LogP contribution >= 0.6 is 0 Å². The second-order valence-corrected chi connectivity index (χ2v) is 16.2. The number of nitrogens with one attached hydrogen (secondary N) is 1. The number of carbonyl (C=O) groups is 1. The Hall–Kier alpha value is -0.870. The molecule has 304 valence electrons. The maximum Gasteiger partial charge on any atom is 0.220 e. The van der Waals surface area contributed by atoms with E-state index in [0.717, 1.165) is 25.7 Å². The number of aliphatic hydroxyl groups excluding tert-OH is 2. The first-order chi connectivity index (χ1) is 25.2. The fourth-order valence-corrected chi connectivity index (χ4v) is 7.42. The zero-order valence-electron chi connectivity index (χ0n) is 34.9. The average Bonchev–Trinajstić information content (AvgIpc) is 3.13. The summed E-state index contributed by atoms with van der Waals surface area (Å²) < 4.78 is 0. The van der Waals surface area contributed by atoms with E-state index in [-0.39, 0.29) is 12.5 Å². The van der Waals surface area contributed by atoms with E-state index >= 15 is 0 Å². The number of carbonyl (C=O) groups excluding carboxylic acids is 1. The highest BCUT2D eigenvalue weighted by Gasteiger charge is 2.18. The lowest BCUT2D eigenvalue weighted by atomic mass is 10.0. The highest BCUT2D eigenvalue weighted by molar-refractivity contribution is 5.76.